The van der Waals surface area contributed by atoms with Gasteiger partial charge in [-0.1, -0.05) is 0 Å². The van der Waals surface area contributed by atoms with Gasteiger partial charge in [-0.05, 0) is 0 Å². The molecule has 0 amide bonds. The van der Waals surface area contributed by atoms with E-state index in [0.29, 0.717) is 0 Å². The summed E-state index contributed by atoms with van der Waals surface area (Å²) in [6, 6.07) is 0. The van der Waals surface area contributed by atoms with Crippen LogP contribution in [0.5, 0.6) is 0 Å². The van der Waals surface area contributed by atoms with Gasteiger partial charge in [0.05, 0.1) is 0 Å². The minimum atomic E-state index is -3.11. The quantitative estimate of drug-likeness (QED) is 0.482. The Balaban J connectivity index is -0.0000000800. The second kappa shape index (κ2) is 5.24. The van der Waals surface area contributed by atoms with Crippen LogP contribution in [0.1, 0.15) is 1.43 Å². The van der Waals surface area contributed by atoms with Crippen LogP contribution in [0.4, 0.5) is 0 Å². The van der Waals surface area contributed by atoms with Gasteiger partial charge in [-0.25, -0.2) is 0 Å². The van der Waals surface area contributed by atoms with Crippen LogP contribution < -0.4 is 6.15 Å². The molecule has 0 aliphatic rings. The van der Waals surface area contributed by atoms with Gasteiger partial charge in [0, 0.05) is 0 Å². The molecule has 4 nitrogen and oxygen atoms in total. The fraction of sp³-hybridized carbons (Fsp3) is 1.00. The second-order valence-corrected chi connectivity index (χ2v) is 2.44. The average Bonchev–Trinajstić information content (AvgIpc) is 1.38. The van der Waals surface area contributed by atoms with Crippen LogP contribution in [0.15, 0.2) is 0 Å². The van der Waals surface area contributed by atoms with Crippen LogP contribution in [0.3, 0.4) is 0 Å². The molecule has 1 atom stereocenters. The van der Waals surface area contributed by atoms with Gasteiger partial charge in [0.25, 0.3) is 0 Å². The number of rotatable bonds is 1. The Kier molecular flexibility index (Phi) is 8.32. The normalized spacial score (nSPS) is 12.3. The molecule has 0 aromatic carbocycles. The monoisotopic (exact) mass is 158 g/mol. The van der Waals surface area contributed by atoms with E-state index < -0.39 is 15.3 Å². The molecule has 5 heteroatoms. The molecule has 1 unspecified atom stereocenters. The molecule has 0 spiro atoms. The summed E-state index contributed by atoms with van der Waals surface area (Å²) in [6.45, 7) is 0. The summed E-state index contributed by atoms with van der Waals surface area (Å²) in [6.07, 6.45) is 0. The first-order valence-electron chi connectivity index (χ1n) is 1.04. The SMILES string of the molecule is CO[AsH](=O)O.N.[H+]. The predicted octanol–water partition coefficient (Wildman–Crippen LogP) is -0.953. The molecule has 0 aliphatic carbocycles. The standard InChI is InChI=1S/CH5AsO3.H3N/c1-5-2(3)4;/h2H,1H3,(H,3,4);1H3/p+1. The van der Waals surface area contributed by atoms with Crippen molar-refractivity contribution in [3.63, 3.8) is 0 Å². The maximum absolute atomic E-state index is 9.40. The Morgan fingerprint density at radius 3 is 2.17 bits per heavy atom. The Morgan fingerprint density at radius 2 is 2.17 bits per heavy atom. The number of hydrogen-bond acceptors (Lipinski definition) is 3. The van der Waals surface area contributed by atoms with Crippen LogP contribution in [0.2, 0.25) is 0 Å². The molecule has 0 fully saturated rings. The molecule has 0 rings (SSSR count). The minimum Gasteiger partial charge on any atom is -0.344 e. The molecule has 0 saturated carbocycles. The summed E-state index contributed by atoms with van der Waals surface area (Å²) in [5.74, 6) is 0. The fourth-order valence-corrected chi connectivity index (χ4v) is 0. The molecule has 4 N–H and O–H groups in total. The van der Waals surface area contributed by atoms with Gasteiger partial charge < -0.3 is 6.15 Å². The van der Waals surface area contributed by atoms with Gasteiger partial charge in [0.2, 0.25) is 0 Å². The van der Waals surface area contributed by atoms with Crippen LogP contribution in [0, 0.1) is 0 Å². The largest absolute Gasteiger partial charge is 1.00 e. The van der Waals surface area contributed by atoms with E-state index in [1.807, 2.05) is 0 Å². The summed E-state index contributed by atoms with van der Waals surface area (Å²) >= 11 is -3.11. The maximum atomic E-state index is 9.40. The third-order valence-electron chi connectivity index (χ3n) is 0.175. The molecular formula is CH9AsNO3+. The van der Waals surface area contributed by atoms with Crippen LogP contribution in [-0.4, -0.2) is 26.5 Å². The van der Waals surface area contributed by atoms with E-state index >= 15 is 0 Å². The van der Waals surface area contributed by atoms with Gasteiger partial charge in [-0.15, -0.1) is 0 Å². The summed E-state index contributed by atoms with van der Waals surface area (Å²) in [4.78, 5) is 0. The first-order valence-corrected chi connectivity index (χ1v) is 3.69. The molecule has 0 aromatic heterocycles. The summed E-state index contributed by atoms with van der Waals surface area (Å²) in [5, 5.41) is 0. The van der Waals surface area contributed by atoms with Gasteiger partial charge in [-0.3, -0.25) is 0 Å². The zero-order chi connectivity index (χ0) is 4.28. The molecule has 0 aromatic rings. The van der Waals surface area contributed by atoms with Crippen molar-refractivity contribution in [1.29, 1.82) is 0 Å². The smallest absolute Gasteiger partial charge is 0.344 e. The molecule has 0 radical (unpaired) electrons. The molecule has 6 heavy (non-hydrogen) atoms. The summed E-state index contributed by atoms with van der Waals surface area (Å²) in [5.41, 5.74) is 0. The maximum Gasteiger partial charge on any atom is 1.00 e. The van der Waals surface area contributed by atoms with Crippen molar-refractivity contribution >= 4 is 15.3 Å². The van der Waals surface area contributed by atoms with E-state index in [-0.39, 0.29) is 7.58 Å². The van der Waals surface area contributed by atoms with Crippen molar-refractivity contribution < 1.29 is 13.0 Å². The van der Waals surface area contributed by atoms with E-state index in [9.17, 15) is 3.74 Å². The molecule has 0 saturated heterocycles. The van der Waals surface area contributed by atoms with Gasteiger partial charge in [-0.2, -0.15) is 0 Å². The van der Waals surface area contributed by atoms with E-state index in [4.69, 9.17) is 4.10 Å². The third kappa shape index (κ3) is 8.87. The molecule has 0 bridgehead atoms. The topological polar surface area (TPSA) is 81.5 Å². The molecule has 0 heterocycles. The zero-order valence-electron chi connectivity index (χ0n) is 4.47. The van der Waals surface area contributed by atoms with Crippen LogP contribution in [0.25, 0.3) is 0 Å². The predicted molar refractivity (Wildman–Crippen MR) is 23.2 cm³/mol. The van der Waals surface area contributed by atoms with Crippen molar-refractivity contribution in [2.45, 2.75) is 0 Å². The van der Waals surface area contributed by atoms with E-state index in [1.54, 1.807) is 0 Å². The summed E-state index contributed by atoms with van der Waals surface area (Å²) < 4.78 is 21.1. The Labute approximate surface area is 42.4 Å². The van der Waals surface area contributed by atoms with Crippen molar-refractivity contribution in [2.24, 2.45) is 0 Å². The van der Waals surface area contributed by atoms with Gasteiger partial charge in [0.15, 0.2) is 0 Å². The van der Waals surface area contributed by atoms with Crippen molar-refractivity contribution in [1.82, 2.24) is 6.15 Å². The zero-order valence-corrected chi connectivity index (χ0v) is 5.57. The first-order chi connectivity index (χ1) is 2.27. The van der Waals surface area contributed by atoms with Gasteiger partial charge in [0.1, 0.15) is 0 Å². The van der Waals surface area contributed by atoms with Crippen molar-refractivity contribution in [3.8, 4) is 0 Å². The van der Waals surface area contributed by atoms with Crippen LogP contribution >= 0.6 is 0 Å². The molecule has 40 valence electrons. The Hall–Kier alpha value is 0.238. The molecular weight excluding hydrogens is 149 g/mol. The van der Waals surface area contributed by atoms with Crippen molar-refractivity contribution in [3.05, 3.63) is 0 Å². The first kappa shape index (κ1) is 9.53. The van der Waals surface area contributed by atoms with E-state index in [1.165, 1.54) is 7.11 Å². The average molecular weight is 158 g/mol. The van der Waals surface area contributed by atoms with Crippen LogP contribution in [-0.2, 0) is 7.47 Å². The van der Waals surface area contributed by atoms with E-state index in [0.717, 1.165) is 0 Å². The van der Waals surface area contributed by atoms with Gasteiger partial charge >= 0.3 is 35.4 Å². The van der Waals surface area contributed by atoms with Crippen molar-refractivity contribution in [2.75, 3.05) is 7.11 Å². The molecule has 0 aliphatic heterocycles. The second-order valence-electron chi connectivity index (χ2n) is 0.470. The third-order valence-corrected chi connectivity index (χ3v) is 0.907. The fourth-order valence-electron chi connectivity index (χ4n) is 0. The van der Waals surface area contributed by atoms with E-state index in [2.05, 4.69) is 3.73 Å². The minimum absolute atomic E-state index is 0. The Morgan fingerprint density at radius 1 is 2.00 bits per heavy atom. The Bertz CT molecular complexity index is 50.2. The summed E-state index contributed by atoms with van der Waals surface area (Å²) in [7, 11) is 1.21. The number of hydrogen-bond donors (Lipinski definition) is 2.